The molecule has 1 heterocycles. The van der Waals surface area contributed by atoms with Gasteiger partial charge in [-0.05, 0) is 68.3 Å². The van der Waals surface area contributed by atoms with Gasteiger partial charge in [0.25, 0.3) is 5.91 Å². The van der Waals surface area contributed by atoms with Crippen molar-refractivity contribution in [1.82, 2.24) is 10.2 Å². The zero-order chi connectivity index (χ0) is 20.9. The lowest BCUT2D eigenvalue weighted by Gasteiger charge is -2.59. The molecule has 0 unspecified atom stereocenters. The summed E-state index contributed by atoms with van der Waals surface area (Å²) in [5, 5.41) is 2.98. The van der Waals surface area contributed by atoms with Crippen LogP contribution in [0.25, 0.3) is 0 Å². The number of cyclic esters (lactones) is 1. The predicted molar refractivity (Wildman–Crippen MR) is 110 cm³/mol. The highest BCUT2D eigenvalue weighted by molar-refractivity contribution is 5.98. The Bertz CT molecular complexity index is 817. The van der Waals surface area contributed by atoms with Crippen LogP contribution in [0.1, 0.15) is 51.0 Å². The molecule has 6 rings (SSSR count). The molecule has 0 spiro atoms. The fourth-order valence-electron chi connectivity index (χ4n) is 7.12. The number of hydrogen-bond donors (Lipinski definition) is 1. The average Bonchev–Trinajstić information content (AvgIpc) is 3.05. The number of amides is 3. The second-order valence-corrected chi connectivity index (χ2v) is 10.0. The van der Waals surface area contributed by atoms with E-state index in [2.05, 4.69) is 5.32 Å². The molecule has 6 heteroatoms. The molecule has 5 aliphatic rings. The normalized spacial score (nSPS) is 35.2. The zero-order valence-electron chi connectivity index (χ0n) is 17.5. The Morgan fingerprint density at radius 1 is 1.10 bits per heavy atom. The second-order valence-electron chi connectivity index (χ2n) is 10.0. The molecule has 5 fully saturated rings. The van der Waals surface area contributed by atoms with Crippen LogP contribution in [-0.2, 0) is 20.7 Å². The number of imide groups is 1. The Kier molecular flexibility index (Phi) is 4.83. The van der Waals surface area contributed by atoms with E-state index in [0.29, 0.717) is 24.2 Å². The van der Waals surface area contributed by atoms with Crippen LogP contribution in [0.3, 0.4) is 0 Å². The topological polar surface area (TPSA) is 75.7 Å². The van der Waals surface area contributed by atoms with Gasteiger partial charge >= 0.3 is 6.09 Å². The second kappa shape index (κ2) is 7.40. The lowest BCUT2D eigenvalue weighted by atomic mass is 9.47. The van der Waals surface area contributed by atoms with Crippen molar-refractivity contribution in [2.45, 2.75) is 64.0 Å². The summed E-state index contributed by atoms with van der Waals surface area (Å²) in [7, 11) is 0. The lowest BCUT2D eigenvalue weighted by molar-refractivity contribution is -0.147. The molecule has 1 saturated heterocycles. The first-order chi connectivity index (χ1) is 14.4. The number of carbonyl (C=O) groups excluding carboxylic acids is 3. The van der Waals surface area contributed by atoms with E-state index in [1.807, 2.05) is 30.3 Å². The summed E-state index contributed by atoms with van der Waals surface area (Å²) in [4.78, 5) is 39.8. The highest BCUT2D eigenvalue weighted by Crippen LogP contribution is 2.61. The van der Waals surface area contributed by atoms with Gasteiger partial charge in [-0.3, -0.25) is 9.59 Å². The highest BCUT2D eigenvalue weighted by atomic mass is 16.6. The number of nitrogens with zero attached hydrogens (tertiary/aromatic N) is 1. The van der Waals surface area contributed by atoms with Crippen molar-refractivity contribution in [3.63, 3.8) is 0 Å². The number of ether oxygens (including phenoxy) is 1. The maximum absolute atomic E-state index is 13.8. The Morgan fingerprint density at radius 3 is 2.27 bits per heavy atom. The number of nitrogens with one attached hydrogen (secondary N) is 1. The van der Waals surface area contributed by atoms with Crippen molar-refractivity contribution in [1.29, 1.82) is 0 Å². The predicted octanol–water partition coefficient (Wildman–Crippen LogP) is 3.30. The largest absolute Gasteiger partial charge is 0.447 e. The van der Waals surface area contributed by atoms with Crippen LogP contribution in [0.15, 0.2) is 30.3 Å². The summed E-state index contributed by atoms with van der Waals surface area (Å²) < 4.78 is 5.30. The number of hydrogen-bond acceptors (Lipinski definition) is 4. The molecule has 30 heavy (non-hydrogen) atoms. The smallest absolute Gasteiger partial charge is 0.417 e. The van der Waals surface area contributed by atoms with Gasteiger partial charge in [0, 0.05) is 12.3 Å². The van der Waals surface area contributed by atoms with E-state index >= 15 is 0 Å². The molecule has 6 nitrogen and oxygen atoms in total. The lowest BCUT2D eigenvalue weighted by Crippen LogP contribution is -2.63. The summed E-state index contributed by atoms with van der Waals surface area (Å²) in [6.45, 7) is 1.66. The fraction of sp³-hybridized carbons (Fsp3) is 0.625. The van der Waals surface area contributed by atoms with Crippen LogP contribution in [0.5, 0.6) is 0 Å². The van der Waals surface area contributed by atoms with E-state index in [9.17, 15) is 14.4 Å². The molecule has 3 amide bonds. The van der Waals surface area contributed by atoms with E-state index in [-0.39, 0.29) is 29.9 Å². The summed E-state index contributed by atoms with van der Waals surface area (Å²) in [5.74, 6) is 1.44. The summed E-state index contributed by atoms with van der Waals surface area (Å²) in [5.41, 5.74) is 0.835. The Morgan fingerprint density at radius 2 is 1.70 bits per heavy atom. The summed E-state index contributed by atoms with van der Waals surface area (Å²) >= 11 is 0. The first-order valence-corrected chi connectivity index (χ1v) is 11.2. The van der Waals surface area contributed by atoms with E-state index in [1.54, 1.807) is 0 Å². The van der Waals surface area contributed by atoms with Crippen LogP contribution in [-0.4, -0.2) is 41.5 Å². The van der Waals surface area contributed by atoms with Gasteiger partial charge in [0.05, 0.1) is 6.04 Å². The maximum atomic E-state index is 13.8. The van der Waals surface area contributed by atoms with Gasteiger partial charge in [0.15, 0.2) is 0 Å². The average molecular weight is 411 g/mol. The van der Waals surface area contributed by atoms with Crippen molar-refractivity contribution >= 4 is 17.9 Å². The van der Waals surface area contributed by atoms with Crippen molar-refractivity contribution in [3.05, 3.63) is 35.9 Å². The molecule has 1 aliphatic heterocycles. The Balaban J connectivity index is 1.43. The Hall–Kier alpha value is -2.37. The van der Waals surface area contributed by atoms with Crippen molar-refractivity contribution in [2.75, 3.05) is 6.61 Å². The standard InChI is InChI=1S/C24H30N2O4/c1-15(27)25-21(24-11-17-7-18(12-24)9-19(8-17)13-24)22(28)26-20(14-30-23(26)29)10-16-5-3-2-4-6-16/h2-6,17-21H,7-14H2,1H3,(H,25,27)/t17?,18?,19?,20-,21+,24?/m0/s1. The summed E-state index contributed by atoms with van der Waals surface area (Å²) in [6, 6.07) is 8.86. The number of rotatable bonds is 5. The van der Waals surface area contributed by atoms with Gasteiger partial charge in [0.1, 0.15) is 12.6 Å². The number of benzene rings is 1. The zero-order valence-corrected chi connectivity index (χ0v) is 17.5. The molecule has 1 aromatic rings. The minimum absolute atomic E-state index is 0.202. The van der Waals surface area contributed by atoms with Gasteiger partial charge in [-0.2, -0.15) is 0 Å². The van der Waals surface area contributed by atoms with Crippen LogP contribution < -0.4 is 5.32 Å². The van der Waals surface area contributed by atoms with Gasteiger partial charge in [-0.25, -0.2) is 9.69 Å². The minimum Gasteiger partial charge on any atom is -0.447 e. The van der Waals surface area contributed by atoms with Crippen molar-refractivity contribution in [3.8, 4) is 0 Å². The van der Waals surface area contributed by atoms with E-state index in [1.165, 1.54) is 31.1 Å². The van der Waals surface area contributed by atoms with Crippen molar-refractivity contribution < 1.29 is 19.1 Å². The fourth-order valence-corrected chi connectivity index (χ4v) is 7.12. The highest BCUT2D eigenvalue weighted by Gasteiger charge is 2.58. The van der Waals surface area contributed by atoms with Crippen molar-refractivity contribution in [2.24, 2.45) is 23.2 Å². The molecule has 2 atom stereocenters. The third kappa shape index (κ3) is 3.40. The molecular weight excluding hydrogens is 380 g/mol. The molecule has 1 N–H and O–H groups in total. The number of carbonyl (C=O) groups is 3. The quantitative estimate of drug-likeness (QED) is 0.808. The van der Waals surface area contributed by atoms with Crippen LogP contribution in [0.4, 0.5) is 4.79 Å². The Labute approximate surface area is 177 Å². The van der Waals surface area contributed by atoms with Gasteiger partial charge < -0.3 is 10.1 Å². The van der Waals surface area contributed by atoms with E-state index in [0.717, 1.165) is 24.8 Å². The molecule has 4 aliphatic carbocycles. The van der Waals surface area contributed by atoms with Gasteiger partial charge in [-0.15, -0.1) is 0 Å². The summed E-state index contributed by atoms with van der Waals surface area (Å²) in [6.07, 6.45) is 6.66. The SMILES string of the molecule is CC(=O)N[C@H](C(=O)N1C(=O)OC[C@@H]1Cc1ccccc1)C12CC3CC(CC(C3)C1)C2. The molecule has 160 valence electrons. The van der Waals surface area contributed by atoms with Gasteiger partial charge in [0.2, 0.25) is 5.91 Å². The van der Waals surface area contributed by atoms with Crippen LogP contribution >= 0.6 is 0 Å². The molecule has 1 aromatic carbocycles. The molecule has 0 radical (unpaired) electrons. The van der Waals surface area contributed by atoms with Crippen LogP contribution in [0.2, 0.25) is 0 Å². The van der Waals surface area contributed by atoms with Crippen LogP contribution in [0, 0.1) is 23.2 Å². The maximum Gasteiger partial charge on any atom is 0.417 e. The molecule has 4 bridgehead atoms. The monoisotopic (exact) mass is 410 g/mol. The molecule has 0 aromatic heterocycles. The molecule has 4 saturated carbocycles. The third-order valence-electron chi connectivity index (χ3n) is 7.81. The first kappa shape index (κ1) is 19.6. The van der Waals surface area contributed by atoms with E-state index < -0.39 is 12.1 Å². The van der Waals surface area contributed by atoms with E-state index in [4.69, 9.17) is 4.74 Å². The molecular formula is C24H30N2O4. The first-order valence-electron chi connectivity index (χ1n) is 11.2. The third-order valence-corrected chi connectivity index (χ3v) is 7.81. The minimum atomic E-state index is -0.646. The van der Waals surface area contributed by atoms with Gasteiger partial charge in [-0.1, -0.05) is 30.3 Å².